The molecule has 1 aromatic rings. The highest BCUT2D eigenvalue weighted by atomic mass is 19.1. The molecule has 1 N–H and O–H groups in total. The number of halogens is 1. The topological polar surface area (TPSA) is 39.6 Å². The van der Waals surface area contributed by atoms with E-state index in [0.29, 0.717) is 18.8 Å². The van der Waals surface area contributed by atoms with E-state index in [1.807, 2.05) is 19.0 Å². The van der Waals surface area contributed by atoms with E-state index in [9.17, 15) is 9.50 Å². The molecular weight excluding hydrogens is 221 g/mol. The number of aliphatic hydroxyl groups excluding tert-OH is 1. The third-order valence-electron chi connectivity index (χ3n) is 2.96. The van der Waals surface area contributed by atoms with Crippen molar-refractivity contribution in [2.24, 2.45) is 0 Å². The maximum atomic E-state index is 13.1. The first-order valence-electron chi connectivity index (χ1n) is 5.78. The number of aromatic nitrogens is 1. The number of nitrogens with zero attached hydrogens (tertiary/aromatic N) is 3. The smallest absolute Gasteiger partial charge is 0.214 e. The average molecular weight is 239 g/mol. The molecule has 0 aliphatic carbocycles. The number of hydrogen-bond donors (Lipinski definition) is 1. The molecule has 2 heterocycles. The van der Waals surface area contributed by atoms with Crippen molar-refractivity contribution in [1.82, 2.24) is 9.88 Å². The van der Waals surface area contributed by atoms with Crippen LogP contribution in [0.4, 0.5) is 10.2 Å². The molecule has 0 spiro atoms. The van der Waals surface area contributed by atoms with Gasteiger partial charge in [0.25, 0.3) is 0 Å². The van der Waals surface area contributed by atoms with Gasteiger partial charge in [0, 0.05) is 19.1 Å². The highest BCUT2D eigenvalue weighted by molar-refractivity contribution is 5.41. The Labute approximate surface area is 101 Å². The van der Waals surface area contributed by atoms with Gasteiger partial charge in [-0.15, -0.1) is 0 Å². The van der Waals surface area contributed by atoms with Crippen molar-refractivity contribution in [2.75, 3.05) is 32.1 Å². The molecule has 0 bridgehead atoms. The molecule has 2 atom stereocenters. The van der Waals surface area contributed by atoms with Crippen LogP contribution in [0.2, 0.25) is 0 Å². The van der Waals surface area contributed by atoms with E-state index in [-0.39, 0.29) is 12.1 Å². The highest BCUT2D eigenvalue weighted by Crippen LogP contribution is 2.24. The number of likely N-dealkylation sites (N-methyl/N-ethyl adjacent to an activating group) is 1. The summed E-state index contributed by atoms with van der Waals surface area (Å²) in [6.45, 7) is 1.35. The van der Waals surface area contributed by atoms with Gasteiger partial charge in [-0.3, -0.25) is 0 Å². The van der Waals surface area contributed by atoms with Gasteiger partial charge in [0.2, 0.25) is 5.95 Å². The molecule has 1 aromatic heterocycles. The Morgan fingerprint density at radius 1 is 1.53 bits per heavy atom. The molecule has 2 unspecified atom stereocenters. The van der Waals surface area contributed by atoms with Crippen molar-refractivity contribution < 1.29 is 9.50 Å². The third kappa shape index (κ3) is 2.92. The lowest BCUT2D eigenvalue weighted by Crippen LogP contribution is -2.38. The fourth-order valence-electron chi connectivity index (χ4n) is 2.32. The number of aliphatic hydroxyl groups is 1. The summed E-state index contributed by atoms with van der Waals surface area (Å²) in [4.78, 5) is 7.92. The van der Waals surface area contributed by atoms with Crippen LogP contribution in [0.1, 0.15) is 6.42 Å². The van der Waals surface area contributed by atoms with Crippen LogP contribution in [-0.4, -0.2) is 54.3 Å². The number of rotatable bonds is 3. The Kier molecular flexibility index (Phi) is 3.59. The van der Waals surface area contributed by atoms with E-state index in [2.05, 4.69) is 9.88 Å². The minimum atomic E-state index is -0.479. The van der Waals surface area contributed by atoms with Crippen LogP contribution in [-0.2, 0) is 0 Å². The zero-order valence-corrected chi connectivity index (χ0v) is 10.2. The van der Waals surface area contributed by atoms with Crippen LogP contribution >= 0.6 is 0 Å². The summed E-state index contributed by atoms with van der Waals surface area (Å²) in [5.41, 5.74) is 0. The second-order valence-corrected chi connectivity index (χ2v) is 4.78. The fraction of sp³-hybridized carbons (Fsp3) is 0.583. The molecule has 0 radical (unpaired) electrons. The molecular formula is C12H18FN3O. The summed E-state index contributed by atoms with van der Waals surface area (Å²) < 4.78 is 13.1. The highest BCUT2D eigenvalue weighted by Gasteiger charge is 2.32. The van der Waals surface area contributed by atoms with Gasteiger partial charge >= 0.3 is 0 Å². The zero-order valence-electron chi connectivity index (χ0n) is 10.2. The maximum absolute atomic E-state index is 13.1. The summed E-state index contributed by atoms with van der Waals surface area (Å²) in [7, 11) is 3.98. The number of hydrogen-bond acceptors (Lipinski definition) is 4. The number of β-amino-alcohol motifs (C(OH)–C–C–N with tert-alkyl or cyclic N) is 1. The maximum Gasteiger partial charge on any atom is 0.214 e. The lowest BCUT2D eigenvalue weighted by Gasteiger charge is -2.27. The van der Waals surface area contributed by atoms with Crippen molar-refractivity contribution in [3.05, 3.63) is 24.1 Å². The lowest BCUT2D eigenvalue weighted by atomic mass is 10.2. The van der Waals surface area contributed by atoms with Gasteiger partial charge in [-0.25, -0.2) is 4.98 Å². The van der Waals surface area contributed by atoms with E-state index < -0.39 is 5.95 Å². The molecule has 4 nitrogen and oxygen atoms in total. The molecule has 1 fully saturated rings. The van der Waals surface area contributed by atoms with Crippen LogP contribution in [0.25, 0.3) is 0 Å². The van der Waals surface area contributed by atoms with Gasteiger partial charge in [-0.2, -0.15) is 4.39 Å². The van der Waals surface area contributed by atoms with Crippen LogP contribution in [0.5, 0.6) is 0 Å². The standard InChI is InChI=1S/C12H18FN3O/c1-15(2)7-9-6-10(17)8-16(9)12-5-3-4-11(13)14-12/h3-5,9-10,17H,6-8H2,1-2H3. The monoisotopic (exact) mass is 239 g/mol. The molecule has 5 heteroatoms. The Balaban J connectivity index is 2.17. The molecule has 1 saturated heterocycles. The summed E-state index contributed by atoms with van der Waals surface area (Å²) in [5.74, 6) is 0.126. The molecule has 1 aliphatic rings. The minimum Gasteiger partial charge on any atom is -0.391 e. The fourth-order valence-corrected chi connectivity index (χ4v) is 2.32. The van der Waals surface area contributed by atoms with Crippen LogP contribution < -0.4 is 4.90 Å². The summed E-state index contributed by atoms with van der Waals surface area (Å²) >= 11 is 0. The number of pyridine rings is 1. The van der Waals surface area contributed by atoms with Gasteiger partial charge in [0.1, 0.15) is 5.82 Å². The molecule has 0 saturated carbocycles. The lowest BCUT2D eigenvalue weighted by molar-refractivity contribution is 0.191. The van der Waals surface area contributed by atoms with Crippen LogP contribution in [0.3, 0.4) is 0 Å². The Bertz CT molecular complexity index is 386. The van der Waals surface area contributed by atoms with Crippen molar-refractivity contribution >= 4 is 5.82 Å². The first-order chi connectivity index (χ1) is 8.06. The van der Waals surface area contributed by atoms with Gasteiger partial charge in [-0.1, -0.05) is 6.07 Å². The van der Waals surface area contributed by atoms with E-state index in [0.717, 1.165) is 6.54 Å². The number of anilines is 1. The van der Waals surface area contributed by atoms with E-state index in [1.54, 1.807) is 12.1 Å². The largest absolute Gasteiger partial charge is 0.391 e. The van der Waals surface area contributed by atoms with Gasteiger partial charge in [0.05, 0.1) is 6.10 Å². The second-order valence-electron chi connectivity index (χ2n) is 4.78. The second kappa shape index (κ2) is 4.98. The van der Waals surface area contributed by atoms with E-state index in [4.69, 9.17) is 0 Å². The van der Waals surface area contributed by atoms with Crippen LogP contribution in [0, 0.1) is 5.95 Å². The van der Waals surface area contributed by atoms with Crippen molar-refractivity contribution in [2.45, 2.75) is 18.6 Å². The Morgan fingerprint density at radius 3 is 2.94 bits per heavy atom. The zero-order chi connectivity index (χ0) is 12.4. The van der Waals surface area contributed by atoms with E-state index >= 15 is 0 Å². The van der Waals surface area contributed by atoms with Crippen molar-refractivity contribution in [3.8, 4) is 0 Å². The molecule has 1 aliphatic heterocycles. The Morgan fingerprint density at radius 2 is 2.29 bits per heavy atom. The first kappa shape index (κ1) is 12.3. The molecule has 0 amide bonds. The first-order valence-corrected chi connectivity index (χ1v) is 5.78. The summed E-state index contributed by atoms with van der Waals surface area (Å²) in [6.07, 6.45) is 0.348. The summed E-state index contributed by atoms with van der Waals surface area (Å²) in [6, 6.07) is 4.95. The van der Waals surface area contributed by atoms with Gasteiger partial charge in [0.15, 0.2) is 0 Å². The predicted molar refractivity (Wildman–Crippen MR) is 64.5 cm³/mol. The molecule has 2 rings (SSSR count). The summed E-state index contributed by atoms with van der Waals surface area (Å²) in [5, 5.41) is 9.73. The normalized spacial score (nSPS) is 24.6. The van der Waals surface area contributed by atoms with Crippen LogP contribution in [0.15, 0.2) is 18.2 Å². The predicted octanol–water partition coefficient (Wildman–Crippen LogP) is 0.722. The van der Waals surface area contributed by atoms with Gasteiger partial charge in [-0.05, 0) is 32.6 Å². The minimum absolute atomic E-state index is 0.189. The SMILES string of the molecule is CN(C)CC1CC(O)CN1c1cccc(F)n1. The Hall–Kier alpha value is -1.20. The van der Waals surface area contributed by atoms with Gasteiger partial charge < -0.3 is 14.9 Å². The molecule has 17 heavy (non-hydrogen) atoms. The van der Waals surface area contributed by atoms with Crippen molar-refractivity contribution in [3.63, 3.8) is 0 Å². The third-order valence-corrected chi connectivity index (χ3v) is 2.96. The van der Waals surface area contributed by atoms with Crippen molar-refractivity contribution in [1.29, 1.82) is 0 Å². The average Bonchev–Trinajstić information content (AvgIpc) is 2.58. The quantitative estimate of drug-likeness (QED) is 0.789. The van der Waals surface area contributed by atoms with E-state index in [1.165, 1.54) is 6.07 Å². The molecule has 94 valence electrons. The molecule has 0 aromatic carbocycles.